The minimum absolute atomic E-state index is 0.0795. The molecule has 30 heavy (non-hydrogen) atoms. The Balaban J connectivity index is 1.89. The molecule has 1 aromatic carbocycles. The third-order valence-corrected chi connectivity index (χ3v) is 3.81. The number of hydrogen-bond donors (Lipinski definition) is 3. The van der Waals surface area contributed by atoms with Gasteiger partial charge in [0.05, 0.1) is 26.3 Å². The zero-order valence-corrected chi connectivity index (χ0v) is 17.1. The summed E-state index contributed by atoms with van der Waals surface area (Å²) >= 11 is 0. The SMILES string of the molecule is COc1ccc(NC(=O)C(=O)N/N=C(/C)CC(=O)Nc2cc(C)ccn2)c(OC)c1. The van der Waals surface area contributed by atoms with Crippen LogP contribution in [0.1, 0.15) is 18.9 Å². The van der Waals surface area contributed by atoms with Gasteiger partial charge in [0.1, 0.15) is 17.3 Å². The molecule has 0 fully saturated rings. The summed E-state index contributed by atoms with van der Waals surface area (Å²) in [6.45, 7) is 3.43. The maximum atomic E-state index is 12.1. The first kappa shape index (κ1) is 22.3. The summed E-state index contributed by atoms with van der Waals surface area (Å²) in [5.41, 5.74) is 3.68. The Morgan fingerprint density at radius 3 is 2.47 bits per heavy atom. The van der Waals surface area contributed by atoms with E-state index in [0.29, 0.717) is 28.7 Å². The van der Waals surface area contributed by atoms with Gasteiger partial charge in [-0.1, -0.05) is 0 Å². The normalized spacial score (nSPS) is 10.7. The molecule has 10 heteroatoms. The number of carbonyl (C=O) groups is 3. The van der Waals surface area contributed by atoms with Gasteiger partial charge in [-0.25, -0.2) is 10.4 Å². The first-order chi connectivity index (χ1) is 14.3. The average molecular weight is 413 g/mol. The summed E-state index contributed by atoms with van der Waals surface area (Å²) in [7, 11) is 2.92. The zero-order chi connectivity index (χ0) is 22.1. The molecule has 3 amide bonds. The van der Waals surface area contributed by atoms with E-state index in [0.717, 1.165) is 5.56 Å². The van der Waals surface area contributed by atoms with Crippen molar-refractivity contribution in [1.82, 2.24) is 10.4 Å². The molecule has 2 rings (SSSR count). The van der Waals surface area contributed by atoms with Gasteiger partial charge in [0.2, 0.25) is 5.91 Å². The summed E-state index contributed by atoms with van der Waals surface area (Å²) in [6, 6.07) is 8.26. The lowest BCUT2D eigenvalue weighted by Crippen LogP contribution is -2.33. The summed E-state index contributed by atoms with van der Waals surface area (Å²) in [5, 5.41) is 8.84. The molecule has 0 aliphatic carbocycles. The van der Waals surface area contributed by atoms with Crippen molar-refractivity contribution < 1.29 is 23.9 Å². The van der Waals surface area contributed by atoms with Crippen LogP contribution in [0, 0.1) is 6.92 Å². The van der Waals surface area contributed by atoms with Gasteiger partial charge in [-0.15, -0.1) is 0 Å². The Labute approximate surface area is 173 Å². The van der Waals surface area contributed by atoms with E-state index in [1.165, 1.54) is 14.2 Å². The van der Waals surface area contributed by atoms with E-state index in [2.05, 4.69) is 26.1 Å². The minimum atomic E-state index is -0.993. The van der Waals surface area contributed by atoms with E-state index in [-0.39, 0.29) is 12.3 Å². The molecule has 0 aliphatic heterocycles. The lowest BCUT2D eigenvalue weighted by Gasteiger charge is -2.11. The Morgan fingerprint density at radius 2 is 1.80 bits per heavy atom. The van der Waals surface area contributed by atoms with Gasteiger partial charge >= 0.3 is 11.8 Å². The van der Waals surface area contributed by atoms with Crippen LogP contribution < -0.4 is 25.5 Å². The number of hydrazone groups is 1. The van der Waals surface area contributed by atoms with Crippen LogP contribution in [0.3, 0.4) is 0 Å². The zero-order valence-electron chi connectivity index (χ0n) is 17.1. The molecular formula is C20H23N5O5. The van der Waals surface area contributed by atoms with E-state index in [1.54, 1.807) is 37.4 Å². The highest BCUT2D eigenvalue weighted by Crippen LogP contribution is 2.28. The van der Waals surface area contributed by atoms with Crippen molar-refractivity contribution in [3.05, 3.63) is 42.1 Å². The van der Waals surface area contributed by atoms with Crippen LogP contribution in [-0.2, 0) is 14.4 Å². The van der Waals surface area contributed by atoms with Gasteiger partial charge in [-0.2, -0.15) is 5.10 Å². The van der Waals surface area contributed by atoms with Gasteiger partial charge in [-0.05, 0) is 43.7 Å². The van der Waals surface area contributed by atoms with Gasteiger partial charge in [0.15, 0.2) is 0 Å². The number of anilines is 2. The highest BCUT2D eigenvalue weighted by Gasteiger charge is 2.16. The molecule has 1 heterocycles. The van der Waals surface area contributed by atoms with Crippen molar-refractivity contribution in [3.63, 3.8) is 0 Å². The highest BCUT2D eigenvalue weighted by atomic mass is 16.5. The molecule has 3 N–H and O–H groups in total. The maximum absolute atomic E-state index is 12.1. The molecule has 1 aromatic heterocycles. The van der Waals surface area contributed by atoms with Crippen molar-refractivity contribution in [1.29, 1.82) is 0 Å². The van der Waals surface area contributed by atoms with Gasteiger partial charge in [0.25, 0.3) is 0 Å². The van der Waals surface area contributed by atoms with Crippen LogP contribution in [0.5, 0.6) is 11.5 Å². The molecule has 0 aliphatic rings. The topological polar surface area (TPSA) is 131 Å². The van der Waals surface area contributed by atoms with Crippen LogP contribution in [0.15, 0.2) is 41.6 Å². The second-order valence-electron chi connectivity index (χ2n) is 6.25. The van der Waals surface area contributed by atoms with Crippen molar-refractivity contribution in [2.24, 2.45) is 5.10 Å². The minimum Gasteiger partial charge on any atom is -0.497 e. The molecule has 158 valence electrons. The first-order valence-electron chi connectivity index (χ1n) is 8.91. The quantitative estimate of drug-likeness (QED) is 0.361. The number of rotatable bonds is 7. The number of carbonyl (C=O) groups excluding carboxylic acids is 3. The number of amides is 3. The lowest BCUT2D eigenvalue weighted by atomic mass is 10.2. The number of hydrogen-bond acceptors (Lipinski definition) is 7. The lowest BCUT2D eigenvalue weighted by molar-refractivity contribution is -0.136. The Bertz CT molecular complexity index is 974. The fraction of sp³-hybridized carbons (Fsp3) is 0.250. The number of aryl methyl sites for hydroxylation is 1. The number of nitrogens with zero attached hydrogens (tertiary/aromatic N) is 2. The first-order valence-corrected chi connectivity index (χ1v) is 8.91. The van der Waals surface area contributed by atoms with E-state index >= 15 is 0 Å². The average Bonchev–Trinajstić information content (AvgIpc) is 2.72. The summed E-state index contributed by atoms with van der Waals surface area (Å²) < 4.78 is 10.2. The second kappa shape index (κ2) is 10.6. The van der Waals surface area contributed by atoms with Crippen LogP contribution in [0.4, 0.5) is 11.5 Å². The molecular weight excluding hydrogens is 390 g/mol. The summed E-state index contributed by atoms with van der Waals surface area (Å²) in [6.07, 6.45) is 1.51. The maximum Gasteiger partial charge on any atom is 0.329 e. The van der Waals surface area contributed by atoms with E-state index in [4.69, 9.17) is 9.47 Å². The summed E-state index contributed by atoms with van der Waals surface area (Å²) in [5.74, 6) is -0.998. The van der Waals surface area contributed by atoms with Gasteiger partial charge in [0, 0.05) is 18.0 Å². The van der Waals surface area contributed by atoms with E-state index < -0.39 is 11.8 Å². The number of benzene rings is 1. The van der Waals surface area contributed by atoms with Crippen LogP contribution >= 0.6 is 0 Å². The van der Waals surface area contributed by atoms with Crippen LogP contribution in [0.2, 0.25) is 0 Å². The van der Waals surface area contributed by atoms with Crippen molar-refractivity contribution in [3.8, 4) is 11.5 Å². The number of ether oxygens (including phenoxy) is 2. The number of pyridine rings is 1. The smallest absolute Gasteiger partial charge is 0.329 e. The molecule has 10 nitrogen and oxygen atoms in total. The van der Waals surface area contributed by atoms with Crippen molar-refractivity contribution in [2.45, 2.75) is 20.3 Å². The van der Waals surface area contributed by atoms with Crippen molar-refractivity contribution in [2.75, 3.05) is 24.9 Å². The molecule has 0 bridgehead atoms. The molecule has 0 atom stereocenters. The van der Waals surface area contributed by atoms with Gasteiger partial charge in [-0.3, -0.25) is 14.4 Å². The fourth-order valence-corrected chi connectivity index (χ4v) is 2.34. The number of methoxy groups -OCH3 is 2. The molecule has 2 aromatic rings. The predicted octanol–water partition coefficient (Wildman–Crippen LogP) is 1.87. The molecule has 0 saturated carbocycles. The number of aromatic nitrogens is 1. The van der Waals surface area contributed by atoms with E-state index in [9.17, 15) is 14.4 Å². The van der Waals surface area contributed by atoms with Crippen molar-refractivity contribution >= 4 is 34.9 Å². The fourth-order valence-electron chi connectivity index (χ4n) is 2.34. The highest BCUT2D eigenvalue weighted by molar-refractivity contribution is 6.39. The Hall–Kier alpha value is -3.95. The molecule has 0 spiro atoms. The monoisotopic (exact) mass is 413 g/mol. The largest absolute Gasteiger partial charge is 0.497 e. The molecule has 0 saturated heterocycles. The standard InChI is InChI=1S/C20H23N5O5/c1-12-7-8-21-17(9-12)23-18(26)10-13(2)24-25-20(28)19(27)22-15-6-5-14(29-3)11-16(15)30-4/h5-9,11H,10H2,1-4H3,(H,22,27)(H,25,28)(H,21,23,26)/b24-13-. The summed E-state index contributed by atoms with van der Waals surface area (Å²) in [4.78, 5) is 40.1. The second-order valence-corrected chi connectivity index (χ2v) is 6.25. The van der Waals surface area contributed by atoms with Crippen LogP contribution in [0.25, 0.3) is 0 Å². The van der Waals surface area contributed by atoms with E-state index in [1.807, 2.05) is 13.0 Å². The predicted molar refractivity (Wildman–Crippen MR) is 112 cm³/mol. The Morgan fingerprint density at radius 1 is 1.03 bits per heavy atom. The molecule has 0 unspecified atom stereocenters. The third kappa shape index (κ3) is 6.59. The molecule has 0 radical (unpaired) electrons. The third-order valence-electron chi connectivity index (χ3n) is 3.81. The van der Waals surface area contributed by atoms with Crippen LogP contribution in [-0.4, -0.2) is 42.6 Å². The Kier molecular flexibility index (Phi) is 7.86. The number of nitrogens with one attached hydrogen (secondary N) is 3. The van der Waals surface area contributed by atoms with Gasteiger partial charge < -0.3 is 20.1 Å².